The van der Waals surface area contributed by atoms with E-state index in [1.54, 1.807) is 33.4 Å². The molecule has 25 heavy (non-hydrogen) atoms. The monoisotopic (exact) mass is 523 g/mol. The van der Waals surface area contributed by atoms with Gasteiger partial charge < -0.3 is 20.1 Å². The highest BCUT2D eigenvalue weighted by atomic mass is 127. The summed E-state index contributed by atoms with van der Waals surface area (Å²) >= 11 is 3.14. The Morgan fingerprint density at radius 1 is 1.12 bits per heavy atom. The summed E-state index contributed by atoms with van der Waals surface area (Å²) in [5.41, 5.74) is 1.61. The van der Waals surface area contributed by atoms with E-state index in [9.17, 15) is 4.39 Å². The number of guanidine groups is 1. The van der Waals surface area contributed by atoms with E-state index >= 15 is 0 Å². The number of methoxy groups -OCH3 is 2. The minimum absolute atomic E-state index is 0. The number of hydrogen-bond acceptors (Lipinski definition) is 3. The Kier molecular flexibility index (Phi) is 8.98. The average molecular weight is 524 g/mol. The lowest BCUT2D eigenvalue weighted by Gasteiger charge is -2.14. The summed E-state index contributed by atoms with van der Waals surface area (Å²) in [6.07, 6.45) is 0. The standard InChI is InChI=1S/C17H19BrFN3O2.HI/c1-20-17(21-10-11-4-6-13(18)14(19)8-11)22-12-5-7-15(23-2)16(9-12)24-3;/h4-9H,10H2,1-3H3,(H2,20,21,22);1H. The fourth-order valence-corrected chi connectivity index (χ4v) is 2.31. The summed E-state index contributed by atoms with van der Waals surface area (Å²) in [5.74, 6) is 1.53. The number of nitrogens with one attached hydrogen (secondary N) is 2. The molecule has 0 saturated heterocycles. The van der Waals surface area contributed by atoms with Crippen molar-refractivity contribution in [1.82, 2.24) is 5.32 Å². The third-order valence-electron chi connectivity index (χ3n) is 3.31. The highest BCUT2D eigenvalue weighted by molar-refractivity contribution is 14.0. The molecule has 0 aliphatic carbocycles. The second-order valence-electron chi connectivity index (χ2n) is 4.87. The van der Waals surface area contributed by atoms with Crippen molar-refractivity contribution in [3.63, 3.8) is 0 Å². The van der Waals surface area contributed by atoms with Gasteiger partial charge in [-0.2, -0.15) is 0 Å². The number of halogens is 3. The van der Waals surface area contributed by atoms with Crippen molar-refractivity contribution in [3.05, 3.63) is 52.3 Å². The van der Waals surface area contributed by atoms with Gasteiger partial charge in [-0.25, -0.2) is 4.39 Å². The summed E-state index contributed by atoms with van der Waals surface area (Å²) in [6.45, 7) is 0.442. The molecule has 0 heterocycles. The molecular weight excluding hydrogens is 504 g/mol. The molecule has 0 atom stereocenters. The number of hydrogen-bond donors (Lipinski definition) is 2. The molecule has 0 aliphatic heterocycles. The predicted octanol–water partition coefficient (Wildman–Crippen LogP) is 4.41. The number of anilines is 1. The zero-order valence-electron chi connectivity index (χ0n) is 14.1. The number of aliphatic imine (C=N–C) groups is 1. The zero-order valence-corrected chi connectivity index (χ0v) is 18.0. The van der Waals surface area contributed by atoms with Crippen LogP contribution >= 0.6 is 39.9 Å². The lowest BCUT2D eigenvalue weighted by atomic mass is 10.2. The van der Waals surface area contributed by atoms with Crippen LogP contribution in [0, 0.1) is 5.82 Å². The third-order valence-corrected chi connectivity index (χ3v) is 3.96. The molecule has 0 aliphatic rings. The van der Waals surface area contributed by atoms with Gasteiger partial charge in [-0.05, 0) is 45.8 Å². The summed E-state index contributed by atoms with van der Waals surface area (Å²) in [4.78, 5) is 4.16. The van der Waals surface area contributed by atoms with Gasteiger partial charge in [-0.1, -0.05) is 6.07 Å². The molecule has 0 unspecified atom stereocenters. The Morgan fingerprint density at radius 3 is 2.44 bits per heavy atom. The van der Waals surface area contributed by atoms with Crippen LogP contribution in [0.15, 0.2) is 45.9 Å². The van der Waals surface area contributed by atoms with Crippen molar-refractivity contribution >= 4 is 51.6 Å². The maximum Gasteiger partial charge on any atom is 0.195 e. The maximum absolute atomic E-state index is 13.5. The van der Waals surface area contributed by atoms with E-state index in [1.807, 2.05) is 18.2 Å². The van der Waals surface area contributed by atoms with E-state index in [0.717, 1.165) is 11.3 Å². The van der Waals surface area contributed by atoms with Crippen LogP contribution in [0.5, 0.6) is 11.5 Å². The summed E-state index contributed by atoms with van der Waals surface area (Å²) < 4.78 is 24.5. The van der Waals surface area contributed by atoms with Crippen LogP contribution in [-0.4, -0.2) is 27.2 Å². The topological polar surface area (TPSA) is 54.9 Å². The Hall–Kier alpha value is -1.55. The second kappa shape index (κ2) is 10.4. The Bertz CT molecular complexity index is 744. The van der Waals surface area contributed by atoms with Crippen LogP contribution in [0.1, 0.15) is 5.56 Å². The molecular formula is C17H20BrFIN3O2. The van der Waals surface area contributed by atoms with Crippen LogP contribution in [0.2, 0.25) is 0 Å². The van der Waals surface area contributed by atoms with E-state index in [4.69, 9.17) is 9.47 Å². The van der Waals surface area contributed by atoms with Crippen LogP contribution in [0.4, 0.5) is 10.1 Å². The Morgan fingerprint density at radius 2 is 1.84 bits per heavy atom. The maximum atomic E-state index is 13.5. The van der Waals surface area contributed by atoms with Gasteiger partial charge in [-0.15, -0.1) is 24.0 Å². The van der Waals surface area contributed by atoms with Gasteiger partial charge in [0.15, 0.2) is 17.5 Å². The van der Waals surface area contributed by atoms with Gasteiger partial charge in [0.2, 0.25) is 0 Å². The molecule has 0 radical (unpaired) electrons. The first-order valence-corrected chi connectivity index (χ1v) is 8.00. The minimum Gasteiger partial charge on any atom is -0.493 e. The van der Waals surface area contributed by atoms with Crippen molar-refractivity contribution in [2.45, 2.75) is 6.54 Å². The fourth-order valence-electron chi connectivity index (χ4n) is 2.07. The smallest absolute Gasteiger partial charge is 0.195 e. The Balaban J connectivity index is 0.00000312. The third kappa shape index (κ3) is 6.03. The predicted molar refractivity (Wildman–Crippen MR) is 113 cm³/mol. The van der Waals surface area contributed by atoms with Crippen LogP contribution < -0.4 is 20.1 Å². The summed E-state index contributed by atoms with van der Waals surface area (Å²) in [7, 11) is 4.83. The number of benzene rings is 2. The first-order valence-electron chi connectivity index (χ1n) is 7.21. The van der Waals surface area contributed by atoms with Crippen LogP contribution in [0.25, 0.3) is 0 Å². The van der Waals surface area contributed by atoms with Crippen molar-refractivity contribution in [3.8, 4) is 11.5 Å². The van der Waals surface area contributed by atoms with Crippen molar-refractivity contribution in [2.24, 2.45) is 4.99 Å². The molecule has 0 bridgehead atoms. The van der Waals surface area contributed by atoms with E-state index in [2.05, 4.69) is 31.6 Å². The quantitative estimate of drug-likeness (QED) is 0.346. The highest BCUT2D eigenvalue weighted by Gasteiger charge is 2.07. The molecule has 2 aromatic carbocycles. The lowest BCUT2D eigenvalue weighted by Crippen LogP contribution is -2.30. The molecule has 0 aromatic heterocycles. The fraction of sp³-hybridized carbons (Fsp3) is 0.235. The molecule has 2 N–H and O–H groups in total. The van der Waals surface area contributed by atoms with E-state index in [1.165, 1.54) is 6.07 Å². The number of ether oxygens (including phenoxy) is 2. The molecule has 136 valence electrons. The normalized spacial score (nSPS) is 10.7. The van der Waals surface area contributed by atoms with Gasteiger partial charge in [0.05, 0.1) is 18.7 Å². The van der Waals surface area contributed by atoms with Crippen molar-refractivity contribution < 1.29 is 13.9 Å². The van der Waals surface area contributed by atoms with Crippen molar-refractivity contribution in [2.75, 3.05) is 26.6 Å². The van der Waals surface area contributed by atoms with Gasteiger partial charge in [0.25, 0.3) is 0 Å². The molecule has 5 nitrogen and oxygen atoms in total. The lowest BCUT2D eigenvalue weighted by molar-refractivity contribution is 0.355. The molecule has 0 saturated carbocycles. The minimum atomic E-state index is -0.294. The average Bonchev–Trinajstić information content (AvgIpc) is 2.61. The van der Waals surface area contributed by atoms with Crippen LogP contribution in [-0.2, 0) is 6.54 Å². The summed E-state index contributed by atoms with van der Waals surface area (Å²) in [5, 5.41) is 6.28. The van der Waals surface area contributed by atoms with Gasteiger partial charge in [0, 0.05) is 25.3 Å². The molecule has 0 amide bonds. The zero-order chi connectivity index (χ0) is 17.5. The van der Waals surface area contributed by atoms with Gasteiger partial charge >= 0.3 is 0 Å². The van der Waals surface area contributed by atoms with Gasteiger partial charge in [-0.3, -0.25) is 4.99 Å². The number of rotatable bonds is 5. The van der Waals surface area contributed by atoms with E-state index in [-0.39, 0.29) is 29.8 Å². The molecule has 8 heteroatoms. The second-order valence-corrected chi connectivity index (χ2v) is 5.72. The molecule has 2 aromatic rings. The molecule has 0 spiro atoms. The van der Waals surface area contributed by atoms with E-state index < -0.39 is 0 Å². The first-order chi connectivity index (χ1) is 11.6. The molecule has 0 fully saturated rings. The van der Waals surface area contributed by atoms with Crippen LogP contribution in [0.3, 0.4) is 0 Å². The Labute approximate surface area is 172 Å². The first kappa shape index (κ1) is 21.5. The largest absolute Gasteiger partial charge is 0.493 e. The van der Waals surface area contributed by atoms with Gasteiger partial charge in [0.1, 0.15) is 5.82 Å². The SMILES string of the molecule is CN=C(NCc1ccc(Br)c(F)c1)Nc1ccc(OC)c(OC)c1.I. The highest BCUT2D eigenvalue weighted by Crippen LogP contribution is 2.29. The van der Waals surface area contributed by atoms with Crippen molar-refractivity contribution in [1.29, 1.82) is 0 Å². The number of nitrogens with zero attached hydrogens (tertiary/aromatic N) is 1. The summed E-state index contributed by atoms with van der Waals surface area (Å²) in [6, 6.07) is 10.5. The molecule has 2 rings (SSSR count). The van der Waals surface area contributed by atoms with E-state index in [0.29, 0.717) is 28.5 Å².